The van der Waals surface area contributed by atoms with Gasteiger partial charge in [-0.3, -0.25) is 14.5 Å². The van der Waals surface area contributed by atoms with Crippen LogP contribution >= 0.6 is 0 Å². The molecule has 1 aliphatic rings. The van der Waals surface area contributed by atoms with Crippen molar-refractivity contribution in [3.63, 3.8) is 0 Å². The number of imide groups is 1. The van der Waals surface area contributed by atoms with Gasteiger partial charge in [-0.15, -0.1) is 0 Å². The van der Waals surface area contributed by atoms with E-state index in [1.165, 1.54) is 0 Å². The minimum absolute atomic E-state index is 0.476. The summed E-state index contributed by atoms with van der Waals surface area (Å²) in [4.78, 5) is 26.6. The average Bonchev–Trinajstić information content (AvgIpc) is 2.68. The lowest BCUT2D eigenvalue weighted by Crippen LogP contribution is -2.33. The molecular formula is C11H8N4O2. The third kappa shape index (κ3) is 2.02. The molecule has 2 rings (SSSR count). The molecule has 0 bridgehead atoms. The van der Waals surface area contributed by atoms with E-state index in [2.05, 4.69) is 10.0 Å². The Kier molecular flexibility index (Phi) is 2.89. The molecule has 6 nitrogen and oxygen atoms in total. The molecule has 1 unspecified atom stereocenters. The second kappa shape index (κ2) is 4.51. The van der Waals surface area contributed by atoms with Gasteiger partial charge in [-0.25, -0.2) is 0 Å². The number of rotatable bonds is 3. The van der Waals surface area contributed by atoms with Crippen molar-refractivity contribution in [3.05, 3.63) is 58.5 Å². The van der Waals surface area contributed by atoms with E-state index in [1.54, 1.807) is 30.3 Å². The van der Waals surface area contributed by atoms with Crippen molar-refractivity contribution < 1.29 is 9.59 Å². The number of azide groups is 1. The van der Waals surface area contributed by atoms with Crippen molar-refractivity contribution >= 4 is 11.8 Å². The zero-order valence-corrected chi connectivity index (χ0v) is 8.72. The molecule has 1 aromatic carbocycles. The molecule has 2 amide bonds. The Labute approximate surface area is 96.8 Å². The molecule has 0 aliphatic carbocycles. The van der Waals surface area contributed by atoms with Crippen molar-refractivity contribution in [2.75, 3.05) is 0 Å². The van der Waals surface area contributed by atoms with Gasteiger partial charge in [-0.05, 0) is 11.1 Å². The number of benzene rings is 1. The molecule has 84 valence electrons. The second-order valence-corrected chi connectivity index (χ2v) is 3.37. The molecule has 0 radical (unpaired) electrons. The SMILES string of the molecule is [N-]=[N+]=NC(c1ccccc1)N1C(=O)C=CC1=O. The Balaban J connectivity index is 2.40. The van der Waals surface area contributed by atoms with E-state index in [-0.39, 0.29) is 0 Å². The summed E-state index contributed by atoms with van der Waals surface area (Å²) in [6.45, 7) is 0. The van der Waals surface area contributed by atoms with E-state index in [4.69, 9.17) is 5.53 Å². The third-order valence-corrected chi connectivity index (χ3v) is 2.35. The first-order valence-corrected chi connectivity index (χ1v) is 4.88. The zero-order chi connectivity index (χ0) is 12.3. The monoisotopic (exact) mass is 228 g/mol. The predicted molar refractivity (Wildman–Crippen MR) is 59.3 cm³/mol. The highest BCUT2D eigenvalue weighted by Crippen LogP contribution is 2.25. The highest BCUT2D eigenvalue weighted by atomic mass is 16.2. The molecule has 1 heterocycles. The summed E-state index contributed by atoms with van der Waals surface area (Å²) in [5.74, 6) is -0.951. The fourth-order valence-electron chi connectivity index (χ4n) is 1.59. The molecule has 0 spiro atoms. The van der Waals surface area contributed by atoms with Crippen LogP contribution in [-0.2, 0) is 9.59 Å². The summed E-state index contributed by atoms with van der Waals surface area (Å²) >= 11 is 0. The molecule has 6 heteroatoms. The van der Waals surface area contributed by atoms with Gasteiger partial charge in [-0.1, -0.05) is 35.4 Å². The number of hydrogen-bond donors (Lipinski definition) is 0. The zero-order valence-electron chi connectivity index (χ0n) is 8.72. The quantitative estimate of drug-likeness (QED) is 0.342. The van der Waals surface area contributed by atoms with Crippen LogP contribution in [0.25, 0.3) is 10.4 Å². The maximum atomic E-state index is 11.5. The van der Waals surface area contributed by atoms with Crippen molar-refractivity contribution in [1.82, 2.24) is 4.90 Å². The van der Waals surface area contributed by atoms with Crippen molar-refractivity contribution in [1.29, 1.82) is 0 Å². The average molecular weight is 228 g/mol. The van der Waals surface area contributed by atoms with Gasteiger partial charge in [0.1, 0.15) is 6.17 Å². The van der Waals surface area contributed by atoms with Crippen LogP contribution in [0, 0.1) is 0 Å². The maximum absolute atomic E-state index is 11.5. The molecule has 1 aliphatic heterocycles. The van der Waals surface area contributed by atoms with E-state index < -0.39 is 18.0 Å². The van der Waals surface area contributed by atoms with E-state index in [0.717, 1.165) is 17.1 Å². The molecule has 0 fully saturated rings. The summed E-state index contributed by atoms with van der Waals surface area (Å²) in [5.41, 5.74) is 9.11. The van der Waals surface area contributed by atoms with Crippen LogP contribution in [0.3, 0.4) is 0 Å². The largest absolute Gasteiger partial charge is 0.269 e. The highest BCUT2D eigenvalue weighted by Gasteiger charge is 2.31. The fourth-order valence-corrected chi connectivity index (χ4v) is 1.59. The van der Waals surface area contributed by atoms with Crippen LogP contribution in [0.15, 0.2) is 47.6 Å². The summed E-state index contributed by atoms with van der Waals surface area (Å²) in [6.07, 6.45) is 1.38. The van der Waals surface area contributed by atoms with Gasteiger partial charge in [0.15, 0.2) is 0 Å². The standard InChI is InChI=1S/C11H8N4O2/c12-14-13-11(8-4-2-1-3-5-8)15-9(16)6-7-10(15)17/h1-7,11H. The number of nitrogens with zero attached hydrogens (tertiary/aromatic N) is 4. The predicted octanol–water partition coefficient (Wildman–Crippen LogP) is 1.92. The lowest BCUT2D eigenvalue weighted by Gasteiger charge is -2.21. The van der Waals surface area contributed by atoms with E-state index in [0.29, 0.717) is 5.56 Å². The maximum Gasteiger partial charge on any atom is 0.254 e. The minimum atomic E-state index is -0.934. The summed E-state index contributed by atoms with van der Waals surface area (Å²) in [5, 5.41) is 3.50. The lowest BCUT2D eigenvalue weighted by atomic mass is 10.1. The highest BCUT2D eigenvalue weighted by molar-refractivity contribution is 6.13. The van der Waals surface area contributed by atoms with Crippen molar-refractivity contribution in [2.45, 2.75) is 6.17 Å². The molecule has 0 aromatic heterocycles. The first-order valence-electron chi connectivity index (χ1n) is 4.88. The van der Waals surface area contributed by atoms with Gasteiger partial charge >= 0.3 is 0 Å². The molecule has 0 saturated carbocycles. The fraction of sp³-hybridized carbons (Fsp3) is 0.0909. The summed E-state index contributed by atoms with van der Waals surface area (Å²) in [6, 6.07) is 8.67. The first kappa shape index (κ1) is 10.9. The third-order valence-electron chi connectivity index (χ3n) is 2.35. The lowest BCUT2D eigenvalue weighted by molar-refractivity contribution is -0.139. The number of carbonyl (C=O) groups is 2. The molecule has 0 N–H and O–H groups in total. The van der Waals surface area contributed by atoms with E-state index in [1.807, 2.05) is 0 Å². The summed E-state index contributed by atoms with van der Waals surface area (Å²) in [7, 11) is 0. The smallest absolute Gasteiger partial charge is 0.254 e. The molecule has 1 aromatic rings. The van der Waals surface area contributed by atoms with Gasteiger partial charge in [0.2, 0.25) is 0 Å². The van der Waals surface area contributed by atoms with E-state index >= 15 is 0 Å². The Morgan fingerprint density at radius 3 is 2.24 bits per heavy atom. The van der Waals surface area contributed by atoms with E-state index in [9.17, 15) is 9.59 Å². The number of carbonyl (C=O) groups excluding carboxylic acids is 2. The van der Waals surface area contributed by atoms with Gasteiger partial charge in [-0.2, -0.15) is 0 Å². The van der Waals surface area contributed by atoms with Gasteiger partial charge in [0.05, 0.1) is 0 Å². The first-order chi connectivity index (χ1) is 8.24. The molecular weight excluding hydrogens is 220 g/mol. The topological polar surface area (TPSA) is 86.1 Å². The van der Waals surface area contributed by atoms with Gasteiger partial charge in [0.25, 0.3) is 11.8 Å². The number of amides is 2. The van der Waals surface area contributed by atoms with Crippen LogP contribution < -0.4 is 0 Å². The number of hydrogen-bond acceptors (Lipinski definition) is 3. The van der Waals surface area contributed by atoms with Crippen LogP contribution in [0.5, 0.6) is 0 Å². The van der Waals surface area contributed by atoms with Crippen LogP contribution in [0.4, 0.5) is 0 Å². The Morgan fingerprint density at radius 1 is 1.12 bits per heavy atom. The molecule has 1 atom stereocenters. The Morgan fingerprint density at radius 2 is 1.71 bits per heavy atom. The van der Waals surface area contributed by atoms with Crippen molar-refractivity contribution in [2.24, 2.45) is 5.11 Å². The minimum Gasteiger partial charge on any atom is -0.269 e. The van der Waals surface area contributed by atoms with Crippen LogP contribution in [0.1, 0.15) is 11.7 Å². The van der Waals surface area contributed by atoms with Gasteiger partial charge < -0.3 is 0 Å². The van der Waals surface area contributed by atoms with Crippen LogP contribution in [-0.4, -0.2) is 16.7 Å². The second-order valence-electron chi connectivity index (χ2n) is 3.37. The van der Waals surface area contributed by atoms with Crippen LogP contribution in [0.2, 0.25) is 0 Å². The Bertz CT molecular complexity index is 514. The normalized spacial score (nSPS) is 15.9. The molecule has 17 heavy (non-hydrogen) atoms. The van der Waals surface area contributed by atoms with Gasteiger partial charge in [0, 0.05) is 17.1 Å². The Hall–Kier alpha value is -2.59. The van der Waals surface area contributed by atoms with Crippen molar-refractivity contribution in [3.8, 4) is 0 Å². The summed E-state index contributed by atoms with van der Waals surface area (Å²) < 4.78 is 0. The molecule has 0 saturated heterocycles.